The number of hydrogen-bond acceptors (Lipinski definition) is 7. The van der Waals surface area contributed by atoms with Crippen LogP contribution in [0.2, 0.25) is 0 Å². The minimum atomic E-state index is -1.56. The van der Waals surface area contributed by atoms with Crippen LogP contribution in [-0.2, 0) is 14.3 Å². The van der Waals surface area contributed by atoms with Gasteiger partial charge in [-0.1, -0.05) is 0 Å². The highest BCUT2D eigenvalue weighted by atomic mass is 16.5. The molecule has 5 N–H and O–H groups in total. The van der Waals surface area contributed by atoms with Gasteiger partial charge in [-0.25, -0.2) is 0 Å². The Hall–Kier alpha value is -2.13. The van der Waals surface area contributed by atoms with E-state index >= 15 is 0 Å². The molecule has 9 heteroatoms. The summed E-state index contributed by atoms with van der Waals surface area (Å²) in [6.45, 7) is 0.303. The highest BCUT2D eigenvalue weighted by Gasteiger charge is 2.38. The normalized spacial score (nSPS) is 25.0. The van der Waals surface area contributed by atoms with Crippen LogP contribution < -0.4 is 5.32 Å². The lowest BCUT2D eigenvalue weighted by molar-refractivity contribution is -0.139. The van der Waals surface area contributed by atoms with Gasteiger partial charge in [-0.05, 0) is 6.92 Å². The molecule has 9 nitrogen and oxygen atoms in total. The van der Waals surface area contributed by atoms with E-state index in [4.69, 9.17) is 14.9 Å². The minimum Gasteiger partial charge on any atom is -0.493 e. The number of allylic oxidation sites excluding steroid dienone is 1. The van der Waals surface area contributed by atoms with Gasteiger partial charge in [0.2, 0.25) is 0 Å². The number of carboxylic acid groups (broad SMARTS) is 2. The van der Waals surface area contributed by atoms with Crippen LogP contribution in [0.25, 0.3) is 0 Å². The molecular formula is C13H20N2O7. The molecule has 0 fully saturated rings. The van der Waals surface area contributed by atoms with Crippen LogP contribution in [0.15, 0.2) is 16.4 Å². The van der Waals surface area contributed by atoms with Crippen LogP contribution in [-0.4, -0.2) is 70.0 Å². The van der Waals surface area contributed by atoms with Crippen molar-refractivity contribution in [1.82, 2.24) is 5.32 Å². The molecule has 1 unspecified atom stereocenters. The number of ether oxygens (including phenoxy) is 1. The lowest BCUT2D eigenvalue weighted by atomic mass is 9.85. The quantitative estimate of drug-likeness (QED) is 0.399. The Labute approximate surface area is 126 Å². The lowest BCUT2D eigenvalue weighted by Gasteiger charge is -2.34. The van der Waals surface area contributed by atoms with Crippen molar-refractivity contribution in [3.05, 3.63) is 11.5 Å². The zero-order valence-electron chi connectivity index (χ0n) is 12.4. The number of methoxy groups -OCH3 is 1. The first-order valence-corrected chi connectivity index (χ1v) is 6.57. The van der Waals surface area contributed by atoms with E-state index in [0.717, 1.165) is 0 Å². The van der Waals surface area contributed by atoms with E-state index in [-0.39, 0.29) is 30.0 Å². The topological polar surface area (TPSA) is 149 Å². The molecule has 0 amide bonds. The summed E-state index contributed by atoms with van der Waals surface area (Å²) in [6, 6.07) is -0.957. The molecule has 0 radical (unpaired) electrons. The molecule has 2 atom stereocenters. The molecule has 1 aliphatic carbocycles. The van der Waals surface area contributed by atoms with Gasteiger partial charge in [-0.15, -0.1) is 0 Å². The van der Waals surface area contributed by atoms with E-state index in [0.29, 0.717) is 0 Å². The average molecular weight is 316 g/mol. The van der Waals surface area contributed by atoms with Crippen molar-refractivity contribution >= 4 is 17.7 Å². The predicted molar refractivity (Wildman–Crippen MR) is 75.5 cm³/mol. The third-order valence-electron chi connectivity index (χ3n) is 3.20. The van der Waals surface area contributed by atoms with Crippen LogP contribution in [0, 0.1) is 0 Å². The highest BCUT2D eigenvalue weighted by molar-refractivity contribution is 6.01. The monoisotopic (exact) mass is 316 g/mol. The number of rotatable bonds is 7. The van der Waals surface area contributed by atoms with Crippen molar-refractivity contribution < 1.29 is 34.8 Å². The zero-order chi connectivity index (χ0) is 16.9. The maximum absolute atomic E-state index is 10.9. The molecule has 1 aliphatic rings. The van der Waals surface area contributed by atoms with Gasteiger partial charge >= 0.3 is 11.9 Å². The first-order valence-electron chi connectivity index (χ1n) is 6.57. The zero-order valence-corrected chi connectivity index (χ0v) is 12.4. The number of aliphatic hydroxyl groups is 2. The van der Waals surface area contributed by atoms with E-state index in [1.807, 2.05) is 0 Å². The first-order chi connectivity index (χ1) is 10.2. The second-order valence-electron chi connectivity index (χ2n) is 5.11. The molecular weight excluding hydrogens is 296 g/mol. The SMILES string of the molecule is COC1=C(NC(C)C(=O)O)C[C@](O)(CO)C/C1=N/CC(=O)O. The summed E-state index contributed by atoms with van der Waals surface area (Å²) >= 11 is 0. The van der Waals surface area contributed by atoms with Gasteiger partial charge < -0.3 is 30.5 Å². The number of nitrogens with zero attached hydrogens (tertiary/aromatic N) is 1. The maximum Gasteiger partial charge on any atom is 0.325 e. The molecule has 0 heterocycles. The van der Waals surface area contributed by atoms with Gasteiger partial charge in [0.05, 0.1) is 30.7 Å². The van der Waals surface area contributed by atoms with Crippen molar-refractivity contribution in [2.24, 2.45) is 4.99 Å². The molecule has 0 saturated carbocycles. The number of aliphatic hydroxyl groups excluding tert-OH is 1. The van der Waals surface area contributed by atoms with Crippen LogP contribution in [0.1, 0.15) is 19.8 Å². The smallest absolute Gasteiger partial charge is 0.325 e. The molecule has 0 spiro atoms. The maximum atomic E-state index is 10.9. The molecule has 1 rings (SSSR count). The van der Waals surface area contributed by atoms with E-state index in [9.17, 15) is 19.8 Å². The molecule has 0 aromatic heterocycles. The molecule has 0 bridgehead atoms. The number of carbonyl (C=O) groups is 2. The Morgan fingerprint density at radius 3 is 2.50 bits per heavy atom. The minimum absolute atomic E-state index is 0.0591. The van der Waals surface area contributed by atoms with Gasteiger partial charge in [0.15, 0.2) is 5.76 Å². The van der Waals surface area contributed by atoms with Gasteiger partial charge in [0, 0.05) is 12.8 Å². The summed E-state index contributed by atoms with van der Waals surface area (Å²) in [6.07, 6.45) is -0.150. The fourth-order valence-corrected chi connectivity index (χ4v) is 2.12. The molecule has 22 heavy (non-hydrogen) atoms. The van der Waals surface area contributed by atoms with Crippen molar-refractivity contribution in [1.29, 1.82) is 0 Å². The van der Waals surface area contributed by atoms with E-state index in [1.165, 1.54) is 14.0 Å². The molecule has 0 aromatic carbocycles. The van der Waals surface area contributed by atoms with Crippen molar-refractivity contribution in [3.63, 3.8) is 0 Å². The Kier molecular flexibility index (Phi) is 5.89. The standard InChI is InChI=1S/C13H20N2O7/c1-7(12(19)20)15-9-4-13(21,6-16)3-8(11(9)22-2)14-5-10(17)18/h7,15-16,21H,3-6H2,1-2H3,(H,17,18)(H,19,20)/b14-8-/t7?,13-/m0/s1. The molecule has 0 saturated heterocycles. The van der Waals surface area contributed by atoms with Crippen molar-refractivity contribution in [2.45, 2.75) is 31.4 Å². The largest absolute Gasteiger partial charge is 0.493 e. The first kappa shape index (κ1) is 17.9. The van der Waals surface area contributed by atoms with Gasteiger partial charge in [-0.2, -0.15) is 0 Å². The van der Waals surface area contributed by atoms with Gasteiger partial charge in [0.25, 0.3) is 0 Å². The number of hydrogen-bond donors (Lipinski definition) is 5. The van der Waals surface area contributed by atoms with E-state index < -0.39 is 36.7 Å². The third kappa shape index (κ3) is 4.43. The lowest BCUT2D eigenvalue weighted by Crippen LogP contribution is -2.46. The number of aliphatic imine (C=N–C) groups is 1. The fourth-order valence-electron chi connectivity index (χ4n) is 2.12. The van der Waals surface area contributed by atoms with Crippen molar-refractivity contribution in [3.8, 4) is 0 Å². The number of aliphatic carboxylic acids is 2. The van der Waals surface area contributed by atoms with Crippen molar-refractivity contribution in [2.75, 3.05) is 20.3 Å². The molecule has 0 aliphatic heterocycles. The third-order valence-corrected chi connectivity index (χ3v) is 3.20. The Balaban J connectivity index is 3.21. The van der Waals surface area contributed by atoms with Crippen LogP contribution in [0.5, 0.6) is 0 Å². The second kappa shape index (κ2) is 7.23. The summed E-state index contributed by atoms with van der Waals surface area (Å²) in [5.41, 5.74) is -1.14. The summed E-state index contributed by atoms with van der Waals surface area (Å²) in [5, 5.41) is 40.0. The van der Waals surface area contributed by atoms with Crippen LogP contribution in [0.3, 0.4) is 0 Å². The second-order valence-corrected chi connectivity index (χ2v) is 5.11. The van der Waals surface area contributed by atoms with Crippen LogP contribution in [0.4, 0.5) is 0 Å². The van der Waals surface area contributed by atoms with E-state index in [2.05, 4.69) is 10.3 Å². The summed E-state index contributed by atoms with van der Waals surface area (Å²) in [7, 11) is 1.34. The Morgan fingerprint density at radius 1 is 1.41 bits per heavy atom. The number of nitrogens with one attached hydrogen (secondary N) is 1. The highest BCUT2D eigenvalue weighted by Crippen LogP contribution is 2.30. The van der Waals surface area contributed by atoms with Gasteiger partial charge in [-0.3, -0.25) is 14.6 Å². The Morgan fingerprint density at radius 2 is 2.05 bits per heavy atom. The Bertz CT molecular complexity index is 515. The van der Waals surface area contributed by atoms with Crippen LogP contribution >= 0.6 is 0 Å². The summed E-state index contributed by atoms with van der Waals surface area (Å²) in [5.74, 6) is -2.08. The van der Waals surface area contributed by atoms with Gasteiger partial charge in [0.1, 0.15) is 12.6 Å². The average Bonchev–Trinajstić information content (AvgIpc) is 2.44. The molecule has 124 valence electrons. The fraction of sp³-hybridized carbons (Fsp3) is 0.615. The van der Waals surface area contributed by atoms with E-state index in [1.54, 1.807) is 0 Å². The summed E-state index contributed by atoms with van der Waals surface area (Å²) < 4.78 is 5.17. The predicted octanol–water partition coefficient (Wildman–Crippen LogP) is -1.05. The summed E-state index contributed by atoms with van der Waals surface area (Å²) in [4.78, 5) is 25.5. The number of carboxylic acids is 2. The molecule has 0 aromatic rings.